The Morgan fingerprint density at radius 2 is 1.96 bits per heavy atom. The molecule has 1 amide bonds. The van der Waals surface area contributed by atoms with E-state index in [2.05, 4.69) is 11.1 Å². The lowest BCUT2D eigenvalue weighted by molar-refractivity contribution is 0.0769. The van der Waals surface area contributed by atoms with Crippen LogP contribution in [0.25, 0.3) is 16.5 Å². The Hall–Kier alpha value is -3.21. The first-order valence-corrected chi connectivity index (χ1v) is 8.98. The number of carbonyl (C=O) groups is 1. The van der Waals surface area contributed by atoms with Gasteiger partial charge < -0.3 is 19.4 Å². The number of fused-ring (bicyclic) bond motifs is 1. The molecular formula is C22H22N2O3. The van der Waals surface area contributed by atoms with Gasteiger partial charge in [0.05, 0.1) is 19.8 Å². The highest BCUT2D eigenvalue weighted by Crippen LogP contribution is 2.32. The van der Waals surface area contributed by atoms with E-state index in [-0.39, 0.29) is 5.91 Å². The van der Waals surface area contributed by atoms with Crippen LogP contribution in [0.3, 0.4) is 0 Å². The van der Waals surface area contributed by atoms with Gasteiger partial charge in [0.1, 0.15) is 11.5 Å². The number of para-hydroxylation sites is 1. The van der Waals surface area contributed by atoms with Crippen molar-refractivity contribution in [3.8, 4) is 11.5 Å². The summed E-state index contributed by atoms with van der Waals surface area (Å²) in [5.41, 5.74) is 4.11. The minimum atomic E-state index is 0.00310. The van der Waals surface area contributed by atoms with E-state index in [1.54, 1.807) is 14.2 Å². The third-order valence-corrected chi connectivity index (χ3v) is 5.07. The first kappa shape index (κ1) is 17.2. The maximum atomic E-state index is 12.9. The van der Waals surface area contributed by atoms with Gasteiger partial charge >= 0.3 is 0 Å². The molecule has 1 aromatic heterocycles. The number of H-pyrrole nitrogens is 1. The van der Waals surface area contributed by atoms with Gasteiger partial charge in [0.15, 0.2) is 0 Å². The molecule has 0 aliphatic carbocycles. The molecule has 0 atom stereocenters. The van der Waals surface area contributed by atoms with Gasteiger partial charge in [0.2, 0.25) is 0 Å². The number of benzene rings is 2. The first-order valence-electron chi connectivity index (χ1n) is 8.98. The fraction of sp³-hybridized carbons (Fsp3) is 0.227. The average molecular weight is 362 g/mol. The van der Waals surface area contributed by atoms with Crippen molar-refractivity contribution in [3.63, 3.8) is 0 Å². The van der Waals surface area contributed by atoms with Crippen molar-refractivity contribution in [2.45, 2.75) is 6.42 Å². The molecule has 4 rings (SSSR count). The summed E-state index contributed by atoms with van der Waals surface area (Å²) in [7, 11) is 3.26. The van der Waals surface area contributed by atoms with Crippen LogP contribution in [0.15, 0.2) is 54.7 Å². The fourth-order valence-electron chi connectivity index (χ4n) is 3.58. The van der Waals surface area contributed by atoms with E-state index < -0.39 is 0 Å². The third kappa shape index (κ3) is 3.16. The molecule has 0 unspecified atom stereocenters. The average Bonchev–Trinajstić information content (AvgIpc) is 3.16. The number of rotatable bonds is 4. The molecule has 2 aromatic carbocycles. The van der Waals surface area contributed by atoms with Crippen molar-refractivity contribution < 1.29 is 14.3 Å². The number of carbonyl (C=O) groups excluding carboxylic acids is 1. The largest absolute Gasteiger partial charge is 0.497 e. The summed E-state index contributed by atoms with van der Waals surface area (Å²) in [6.07, 6.45) is 4.98. The molecule has 5 heteroatoms. The molecule has 0 fully saturated rings. The van der Waals surface area contributed by atoms with Crippen LogP contribution in [0, 0.1) is 0 Å². The zero-order valence-corrected chi connectivity index (χ0v) is 15.5. The highest BCUT2D eigenvalue weighted by atomic mass is 16.5. The summed E-state index contributed by atoms with van der Waals surface area (Å²) in [6, 6.07) is 13.4. The van der Waals surface area contributed by atoms with Crippen LogP contribution in [-0.4, -0.2) is 43.1 Å². The van der Waals surface area contributed by atoms with Crippen LogP contribution in [0.1, 0.15) is 22.3 Å². The molecule has 5 nitrogen and oxygen atoms in total. The molecule has 27 heavy (non-hydrogen) atoms. The van der Waals surface area contributed by atoms with Crippen LogP contribution < -0.4 is 9.47 Å². The number of hydrogen-bond donors (Lipinski definition) is 1. The maximum absolute atomic E-state index is 12.9. The van der Waals surface area contributed by atoms with E-state index in [1.165, 1.54) is 11.1 Å². The van der Waals surface area contributed by atoms with Gasteiger partial charge in [0.25, 0.3) is 5.91 Å². The van der Waals surface area contributed by atoms with Crippen molar-refractivity contribution in [2.24, 2.45) is 0 Å². The molecule has 0 bridgehead atoms. The minimum absolute atomic E-state index is 0.00310. The second kappa shape index (κ2) is 7.19. The molecule has 1 N–H and O–H groups in total. The zero-order valence-electron chi connectivity index (χ0n) is 15.5. The lowest BCUT2D eigenvalue weighted by atomic mass is 9.98. The Bertz CT molecular complexity index is 1020. The highest BCUT2D eigenvalue weighted by molar-refractivity contribution is 5.98. The maximum Gasteiger partial charge on any atom is 0.257 e. The topological polar surface area (TPSA) is 54.6 Å². The molecule has 3 aromatic rings. The Kier molecular flexibility index (Phi) is 4.59. The van der Waals surface area contributed by atoms with Crippen LogP contribution in [0.2, 0.25) is 0 Å². The lowest BCUT2D eigenvalue weighted by Gasteiger charge is -2.27. The van der Waals surface area contributed by atoms with Gasteiger partial charge in [-0.1, -0.05) is 18.2 Å². The van der Waals surface area contributed by atoms with Crippen LogP contribution >= 0.6 is 0 Å². The van der Waals surface area contributed by atoms with E-state index in [1.807, 2.05) is 53.6 Å². The van der Waals surface area contributed by atoms with E-state index in [4.69, 9.17) is 9.47 Å². The van der Waals surface area contributed by atoms with E-state index in [0.717, 1.165) is 23.1 Å². The summed E-state index contributed by atoms with van der Waals surface area (Å²) >= 11 is 0. The van der Waals surface area contributed by atoms with Crippen molar-refractivity contribution >= 4 is 22.4 Å². The predicted molar refractivity (Wildman–Crippen MR) is 106 cm³/mol. The van der Waals surface area contributed by atoms with Crippen molar-refractivity contribution in [3.05, 3.63) is 65.9 Å². The molecule has 2 heterocycles. The number of aromatic nitrogens is 1. The van der Waals surface area contributed by atoms with E-state index >= 15 is 0 Å². The molecular weight excluding hydrogens is 340 g/mol. The molecule has 138 valence electrons. The number of nitrogens with zero attached hydrogens (tertiary/aromatic N) is 1. The molecule has 0 saturated heterocycles. The quantitative estimate of drug-likeness (QED) is 0.760. The van der Waals surface area contributed by atoms with Gasteiger partial charge in [0, 0.05) is 35.8 Å². The summed E-state index contributed by atoms with van der Waals surface area (Å²) in [5.74, 6) is 1.46. The summed E-state index contributed by atoms with van der Waals surface area (Å²) in [4.78, 5) is 18.0. The van der Waals surface area contributed by atoms with Crippen LogP contribution in [0.4, 0.5) is 0 Å². The van der Waals surface area contributed by atoms with E-state index in [9.17, 15) is 4.79 Å². The lowest BCUT2D eigenvalue weighted by Crippen LogP contribution is -2.34. The second-order valence-electron chi connectivity index (χ2n) is 6.54. The van der Waals surface area contributed by atoms with E-state index in [0.29, 0.717) is 24.4 Å². The monoisotopic (exact) mass is 362 g/mol. The molecule has 0 saturated carbocycles. The summed E-state index contributed by atoms with van der Waals surface area (Å²) in [5, 5.41) is 1.14. The third-order valence-electron chi connectivity index (χ3n) is 5.07. The number of hydrogen-bond acceptors (Lipinski definition) is 3. The number of ether oxygens (including phenoxy) is 2. The predicted octanol–water partition coefficient (Wildman–Crippen LogP) is 4.11. The Balaban J connectivity index is 1.58. The normalized spacial score (nSPS) is 14.1. The van der Waals surface area contributed by atoms with Crippen molar-refractivity contribution in [1.29, 1.82) is 0 Å². The second-order valence-corrected chi connectivity index (χ2v) is 6.54. The van der Waals surface area contributed by atoms with Crippen LogP contribution in [0.5, 0.6) is 11.5 Å². The number of aromatic amines is 1. The number of amides is 1. The SMILES string of the molecule is COc1ccc2[nH]cc(C3=CCN(C(=O)c4ccccc4OC)CC3)c2c1. The van der Waals surface area contributed by atoms with Crippen LogP contribution in [-0.2, 0) is 0 Å². The standard InChI is InChI=1S/C22H22N2O3/c1-26-16-7-8-20-18(13-16)19(14-23-20)15-9-11-24(12-10-15)22(25)17-5-3-4-6-21(17)27-2/h3-9,13-14,23H,10-12H2,1-2H3. The van der Waals surface area contributed by atoms with Gasteiger partial charge in [-0.15, -0.1) is 0 Å². The molecule has 1 aliphatic rings. The fourth-order valence-corrected chi connectivity index (χ4v) is 3.58. The molecule has 0 spiro atoms. The summed E-state index contributed by atoms with van der Waals surface area (Å²) in [6.45, 7) is 1.27. The zero-order chi connectivity index (χ0) is 18.8. The van der Waals surface area contributed by atoms with Gasteiger partial charge in [-0.2, -0.15) is 0 Å². The number of nitrogens with one attached hydrogen (secondary N) is 1. The Morgan fingerprint density at radius 3 is 2.70 bits per heavy atom. The van der Waals surface area contributed by atoms with Gasteiger partial charge in [-0.25, -0.2) is 0 Å². The number of methoxy groups -OCH3 is 2. The molecule has 1 aliphatic heterocycles. The van der Waals surface area contributed by atoms with Crippen molar-refractivity contribution in [1.82, 2.24) is 9.88 Å². The minimum Gasteiger partial charge on any atom is -0.497 e. The Labute approximate surface area is 158 Å². The first-order chi connectivity index (χ1) is 13.2. The van der Waals surface area contributed by atoms with Crippen molar-refractivity contribution in [2.75, 3.05) is 27.3 Å². The summed E-state index contributed by atoms with van der Waals surface area (Å²) < 4.78 is 10.7. The van der Waals surface area contributed by atoms with Gasteiger partial charge in [-0.3, -0.25) is 4.79 Å². The smallest absolute Gasteiger partial charge is 0.257 e. The molecule has 0 radical (unpaired) electrons. The Morgan fingerprint density at radius 1 is 1.11 bits per heavy atom. The highest BCUT2D eigenvalue weighted by Gasteiger charge is 2.22. The van der Waals surface area contributed by atoms with Gasteiger partial charge in [-0.05, 0) is 42.3 Å².